The fourth-order valence-electron chi connectivity index (χ4n) is 1.66. The predicted molar refractivity (Wildman–Crippen MR) is 69.9 cm³/mol. The molecule has 0 heterocycles. The molecule has 0 fully saturated rings. The monoisotopic (exact) mass is 249 g/mol. The molecule has 3 N–H and O–H groups in total. The van der Waals surface area contributed by atoms with Crippen molar-refractivity contribution in [1.29, 1.82) is 5.26 Å². The SMILES string of the molecule is COCCN(CCC#N)Cc1ccc(O)c(N)c1. The van der Waals surface area contributed by atoms with E-state index in [4.69, 9.17) is 15.7 Å². The summed E-state index contributed by atoms with van der Waals surface area (Å²) >= 11 is 0. The first-order valence-corrected chi connectivity index (χ1v) is 5.83. The van der Waals surface area contributed by atoms with Crippen molar-refractivity contribution in [2.24, 2.45) is 0 Å². The lowest BCUT2D eigenvalue weighted by Gasteiger charge is -2.21. The summed E-state index contributed by atoms with van der Waals surface area (Å²) < 4.78 is 5.04. The van der Waals surface area contributed by atoms with Crippen molar-refractivity contribution in [2.75, 3.05) is 32.5 Å². The summed E-state index contributed by atoms with van der Waals surface area (Å²) in [5.74, 6) is 0.0965. The van der Waals surface area contributed by atoms with Crippen LogP contribution in [0.15, 0.2) is 18.2 Å². The highest BCUT2D eigenvalue weighted by Crippen LogP contribution is 2.21. The van der Waals surface area contributed by atoms with E-state index in [2.05, 4.69) is 11.0 Å². The first-order chi connectivity index (χ1) is 8.67. The standard InChI is InChI=1S/C13H19N3O2/c1-18-8-7-16(6-2-5-14)10-11-3-4-13(17)12(15)9-11/h3-4,9,17H,2,6-8,10,15H2,1H3. The lowest BCUT2D eigenvalue weighted by atomic mass is 10.1. The quantitative estimate of drug-likeness (QED) is 0.563. The Morgan fingerprint density at radius 3 is 2.83 bits per heavy atom. The van der Waals surface area contributed by atoms with Crippen LogP contribution in [0.5, 0.6) is 5.75 Å². The van der Waals surface area contributed by atoms with Gasteiger partial charge >= 0.3 is 0 Å². The second kappa shape index (κ2) is 7.54. The van der Waals surface area contributed by atoms with Gasteiger partial charge < -0.3 is 15.6 Å². The van der Waals surface area contributed by atoms with Crippen LogP contribution in [-0.4, -0.2) is 36.8 Å². The normalized spacial score (nSPS) is 10.5. The van der Waals surface area contributed by atoms with Crippen LogP contribution in [0, 0.1) is 11.3 Å². The first-order valence-electron chi connectivity index (χ1n) is 5.83. The molecule has 0 aliphatic rings. The second-order valence-electron chi connectivity index (χ2n) is 4.07. The van der Waals surface area contributed by atoms with E-state index in [0.717, 1.165) is 12.1 Å². The van der Waals surface area contributed by atoms with Gasteiger partial charge in [0.1, 0.15) is 5.75 Å². The number of benzene rings is 1. The minimum atomic E-state index is 0.0965. The molecule has 5 heteroatoms. The van der Waals surface area contributed by atoms with Gasteiger partial charge in [-0.25, -0.2) is 0 Å². The summed E-state index contributed by atoms with van der Waals surface area (Å²) in [6.45, 7) is 2.77. The number of nitriles is 1. The number of phenolic OH excluding ortho intramolecular Hbond substituents is 1. The van der Waals surface area contributed by atoms with Crippen LogP contribution in [-0.2, 0) is 11.3 Å². The third-order valence-electron chi connectivity index (χ3n) is 2.65. The molecule has 1 aromatic carbocycles. The number of nitrogens with two attached hydrogens (primary N) is 1. The molecule has 0 amide bonds. The number of nitrogens with zero attached hydrogens (tertiary/aromatic N) is 2. The molecule has 0 aliphatic heterocycles. The molecular formula is C13H19N3O2. The molecule has 0 saturated heterocycles. The fourth-order valence-corrected chi connectivity index (χ4v) is 1.66. The van der Waals surface area contributed by atoms with Gasteiger partial charge in [-0.2, -0.15) is 5.26 Å². The summed E-state index contributed by atoms with van der Waals surface area (Å²) in [5, 5.41) is 18.0. The maximum absolute atomic E-state index is 9.36. The van der Waals surface area contributed by atoms with Crippen LogP contribution in [0.3, 0.4) is 0 Å². The van der Waals surface area contributed by atoms with Crippen LogP contribution in [0.25, 0.3) is 0 Å². The maximum atomic E-state index is 9.36. The Hall–Kier alpha value is -1.77. The molecule has 0 radical (unpaired) electrons. The van der Waals surface area contributed by atoms with Crippen LogP contribution < -0.4 is 5.73 Å². The molecule has 1 aromatic rings. The summed E-state index contributed by atoms with van der Waals surface area (Å²) in [6.07, 6.45) is 0.483. The molecule has 98 valence electrons. The van der Waals surface area contributed by atoms with Gasteiger partial charge in [-0.3, -0.25) is 4.90 Å². The van der Waals surface area contributed by atoms with Crippen molar-refractivity contribution >= 4 is 5.69 Å². The molecule has 1 rings (SSSR count). The zero-order valence-electron chi connectivity index (χ0n) is 10.6. The molecule has 0 bridgehead atoms. The second-order valence-corrected chi connectivity index (χ2v) is 4.07. The van der Waals surface area contributed by atoms with Crippen molar-refractivity contribution in [2.45, 2.75) is 13.0 Å². The van der Waals surface area contributed by atoms with Gasteiger partial charge in [0.05, 0.1) is 18.4 Å². The minimum Gasteiger partial charge on any atom is -0.506 e. The smallest absolute Gasteiger partial charge is 0.138 e. The Kier molecular flexibility index (Phi) is 5.98. The number of hydrogen-bond acceptors (Lipinski definition) is 5. The summed E-state index contributed by atoms with van der Waals surface area (Å²) in [5.41, 5.74) is 7.04. The Morgan fingerprint density at radius 2 is 2.22 bits per heavy atom. The summed E-state index contributed by atoms with van der Waals surface area (Å²) in [6, 6.07) is 7.30. The number of phenols is 1. The van der Waals surface area contributed by atoms with Gasteiger partial charge in [-0.1, -0.05) is 6.07 Å². The van der Waals surface area contributed by atoms with Crippen molar-refractivity contribution in [3.8, 4) is 11.8 Å². The van der Waals surface area contributed by atoms with Gasteiger partial charge in [0.25, 0.3) is 0 Å². The largest absolute Gasteiger partial charge is 0.506 e. The molecule has 0 aliphatic carbocycles. The number of anilines is 1. The number of nitrogen functional groups attached to an aromatic ring is 1. The van der Waals surface area contributed by atoms with Crippen LogP contribution >= 0.6 is 0 Å². The highest BCUT2D eigenvalue weighted by molar-refractivity contribution is 5.53. The number of aromatic hydroxyl groups is 1. The number of rotatable bonds is 7. The van der Waals surface area contributed by atoms with Gasteiger partial charge in [0.15, 0.2) is 0 Å². The summed E-state index contributed by atoms with van der Waals surface area (Å²) in [7, 11) is 1.65. The maximum Gasteiger partial charge on any atom is 0.138 e. The Balaban J connectivity index is 2.63. The molecule has 18 heavy (non-hydrogen) atoms. The predicted octanol–water partition coefficient (Wildman–Crippen LogP) is 1.34. The third-order valence-corrected chi connectivity index (χ3v) is 2.65. The zero-order chi connectivity index (χ0) is 13.4. The van der Waals surface area contributed by atoms with Gasteiger partial charge in [0.2, 0.25) is 0 Å². The molecule has 0 unspecified atom stereocenters. The molecular weight excluding hydrogens is 230 g/mol. The van der Waals surface area contributed by atoms with Crippen LogP contribution in [0.1, 0.15) is 12.0 Å². The number of methoxy groups -OCH3 is 1. The Labute approximate surface area is 107 Å². The highest BCUT2D eigenvalue weighted by Gasteiger charge is 2.07. The van der Waals surface area contributed by atoms with Gasteiger partial charge in [-0.05, 0) is 17.7 Å². The summed E-state index contributed by atoms with van der Waals surface area (Å²) in [4.78, 5) is 2.12. The Bertz CT molecular complexity index is 415. The Morgan fingerprint density at radius 1 is 1.44 bits per heavy atom. The van der Waals surface area contributed by atoms with Crippen molar-refractivity contribution in [1.82, 2.24) is 4.90 Å². The van der Waals surface area contributed by atoms with E-state index in [1.165, 1.54) is 0 Å². The van der Waals surface area contributed by atoms with E-state index < -0.39 is 0 Å². The van der Waals surface area contributed by atoms with E-state index in [9.17, 15) is 5.11 Å². The van der Waals surface area contributed by atoms with Crippen LogP contribution in [0.2, 0.25) is 0 Å². The van der Waals surface area contributed by atoms with E-state index in [-0.39, 0.29) is 5.75 Å². The zero-order valence-corrected chi connectivity index (χ0v) is 10.6. The molecule has 0 saturated carbocycles. The van der Waals surface area contributed by atoms with Gasteiger partial charge in [-0.15, -0.1) is 0 Å². The highest BCUT2D eigenvalue weighted by atomic mass is 16.5. The molecule has 5 nitrogen and oxygen atoms in total. The van der Waals surface area contributed by atoms with Crippen molar-refractivity contribution in [3.05, 3.63) is 23.8 Å². The van der Waals surface area contributed by atoms with E-state index in [0.29, 0.717) is 31.8 Å². The topological polar surface area (TPSA) is 82.5 Å². The van der Waals surface area contributed by atoms with Gasteiger partial charge in [0, 0.05) is 33.2 Å². The van der Waals surface area contributed by atoms with Crippen molar-refractivity contribution in [3.63, 3.8) is 0 Å². The molecule has 0 atom stereocenters. The van der Waals surface area contributed by atoms with Crippen molar-refractivity contribution < 1.29 is 9.84 Å². The first kappa shape index (κ1) is 14.3. The van der Waals surface area contributed by atoms with E-state index in [1.807, 2.05) is 6.07 Å². The minimum absolute atomic E-state index is 0.0965. The fraction of sp³-hybridized carbons (Fsp3) is 0.462. The number of ether oxygens (including phenoxy) is 1. The average molecular weight is 249 g/mol. The third kappa shape index (κ3) is 4.62. The van der Waals surface area contributed by atoms with E-state index >= 15 is 0 Å². The lowest BCUT2D eigenvalue weighted by Crippen LogP contribution is -2.28. The van der Waals surface area contributed by atoms with E-state index in [1.54, 1.807) is 19.2 Å². The average Bonchev–Trinajstić information content (AvgIpc) is 2.37. The lowest BCUT2D eigenvalue weighted by molar-refractivity contribution is 0.145. The number of hydrogen-bond donors (Lipinski definition) is 2. The molecule has 0 spiro atoms. The van der Waals surface area contributed by atoms with Crippen LogP contribution in [0.4, 0.5) is 5.69 Å². The molecule has 0 aromatic heterocycles.